The van der Waals surface area contributed by atoms with E-state index in [0.29, 0.717) is 28.4 Å². The molecule has 0 saturated carbocycles. The molecular weight excluding hydrogens is 372 g/mol. The van der Waals surface area contributed by atoms with Crippen LogP contribution in [0.2, 0.25) is 0 Å². The lowest BCUT2D eigenvalue weighted by molar-refractivity contribution is -0.136. The molecule has 0 atom stereocenters. The minimum Gasteiger partial charge on any atom is -0.493 e. The molecule has 6 nitrogen and oxygen atoms in total. The van der Waals surface area contributed by atoms with E-state index >= 15 is 0 Å². The van der Waals surface area contributed by atoms with Gasteiger partial charge in [0.25, 0.3) is 0 Å². The standard InChI is InChI=1S/C23H26O6/c1-14-9-16(3)18(10-15(14)2)19(24)13-29-22(25)8-7-17-11-20(26-4)23(28-6)21(12-17)27-5/h7-12H,13H2,1-6H3. The Morgan fingerprint density at radius 2 is 1.41 bits per heavy atom. The maximum Gasteiger partial charge on any atom is 0.331 e. The quantitative estimate of drug-likeness (QED) is 0.379. The highest BCUT2D eigenvalue weighted by Gasteiger charge is 2.14. The summed E-state index contributed by atoms with van der Waals surface area (Å²) in [6.45, 7) is 5.48. The van der Waals surface area contributed by atoms with Gasteiger partial charge in [0.1, 0.15) is 0 Å². The highest BCUT2D eigenvalue weighted by atomic mass is 16.5. The molecule has 0 amide bonds. The predicted octanol–water partition coefficient (Wildman–Crippen LogP) is 4.08. The van der Waals surface area contributed by atoms with Crippen molar-refractivity contribution >= 4 is 17.8 Å². The number of rotatable bonds is 8. The molecule has 0 aliphatic rings. The van der Waals surface area contributed by atoms with Gasteiger partial charge in [-0.3, -0.25) is 4.79 Å². The van der Waals surface area contributed by atoms with Crippen molar-refractivity contribution in [1.29, 1.82) is 0 Å². The van der Waals surface area contributed by atoms with Gasteiger partial charge < -0.3 is 18.9 Å². The molecule has 0 spiro atoms. The van der Waals surface area contributed by atoms with E-state index in [0.717, 1.165) is 16.7 Å². The molecule has 0 unspecified atom stereocenters. The first-order chi connectivity index (χ1) is 13.8. The number of carbonyl (C=O) groups is 2. The van der Waals surface area contributed by atoms with Crippen molar-refractivity contribution in [1.82, 2.24) is 0 Å². The molecule has 0 aliphatic carbocycles. The van der Waals surface area contributed by atoms with Gasteiger partial charge in [-0.05, 0) is 67.3 Å². The average Bonchev–Trinajstić information content (AvgIpc) is 2.71. The zero-order valence-electron chi connectivity index (χ0n) is 17.6. The SMILES string of the molecule is COc1cc(C=CC(=O)OCC(=O)c2cc(C)c(C)cc2C)cc(OC)c1OC. The van der Waals surface area contributed by atoms with E-state index in [1.165, 1.54) is 27.4 Å². The van der Waals surface area contributed by atoms with Crippen molar-refractivity contribution in [2.75, 3.05) is 27.9 Å². The summed E-state index contributed by atoms with van der Waals surface area (Å²) in [5, 5.41) is 0. The molecule has 2 rings (SSSR count). The number of ether oxygens (including phenoxy) is 4. The van der Waals surface area contributed by atoms with E-state index in [9.17, 15) is 9.59 Å². The summed E-state index contributed by atoms with van der Waals surface area (Å²) in [4.78, 5) is 24.4. The number of esters is 1. The fourth-order valence-electron chi connectivity index (χ4n) is 2.89. The maximum atomic E-state index is 12.4. The Morgan fingerprint density at radius 1 is 0.828 bits per heavy atom. The third-order valence-electron chi connectivity index (χ3n) is 4.59. The van der Waals surface area contributed by atoms with Crippen LogP contribution in [0.25, 0.3) is 6.08 Å². The number of Topliss-reactive ketones (excluding diaryl/α,β-unsaturated/α-hetero) is 1. The van der Waals surface area contributed by atoms with Crippen LogP contribution in [0.15, 0.2) is 30.3 Å². The summed E-state index contributed by atoms with van der Waals surface area (Å²) in [7, 11) is 4.54. The number of ketones is 1. The van der Waals surface area contributed by atoms with Gasteiger partial charge in [0, 0.05) is 11.6 Å². The molecule has 154 valence electrons. The minimum atomic E-state index is -0.617. The van der Waals surface area contributed by atoms with Crippen LogP contribution in [-0.4, -0.2) is 39.7 Å². The molecule has 0 fully saturated rings. The van der Waals surface area contributed by atoms with Crippen LogP contribution in [-0.2, 0) is 9.53 Å². The van der Waals surface area contributed by atoms with E-state index < -0.39 is 5.97 Å². The topological polar surface area (TPSA) is 71.1 Å². The third kappa shape index (κ3) is 5.38. The van der Waals surface area contributed by atoms with Gasteiger partial charge in [0.2, 0.25) is 11.5 Å². The Balaban J connectivity index is 2.07. The first kappa shape index (κ1) is 22.0. The number of hydrogen-bond acceptors (Lipinski definition) is 6. The summed E-state index contributed by atoms with van der Waals surface area (Å²) in [5.74, 6) is 0.554. The maximum absolute atomic E-state index is 12.4. The first-order valence-corrected chi connectivity index (χ1v) is 9.06. The molecular formula is C23H26O6. The van der Waals surface area contributed by atoms with E-state index in [1.54, 1.807) is 18.2 Å². The Bertz CT molecular complexity index is 918. The Kier molecular flexibility index (Phi) is 7.42. The number of aryl methyl sites for hydroxylation is 3. The van der Waals surface area contributed by atoms with Crippen molar-refractivity contribution in [2.24, 2.45) is 0 Å². The largest absolute Gasteiger partial charge is 0.493 e. The molecule has 0 aliphatic heterocycles. The Hall–Kier alpha value is -3.28. The van der Waals surface area contributed by atoms with Crippen molar-refractivity contribution in [3.05, 3.63) is 58.2 Å². The molecule has 0 heterocycles. The zero-order chi connectivity index (χ0) is 21.6. The molecule has 0 radical (unpaired) electrons. The van der Waals surface area contributed by atoms with Gasteiger partial charge in [-0.15, -0.1) is 0 Å². The van der Waals surface area contributed by atoms with Gasteiger partial charge in [-0.25, -0.2) is 4.79 Å². The molecule has 0 saturated heterocycles. The molecule has 0 aromatic heterocycles. The number of hydrogen-bond donors (Lipinski definition) is 0. The van der Waals surface area contributed by atoms with Crippen LogP contribution in [0, 0.1) is 20.8 Å². The molecule has 0 bridgehead atoms. The summed E-state index contributed by atoms with van der Waals surface area (Å²) >= 11 is 0. The lowest BCUT2D eigenvalue weighted by Crippen LogP contribution is -2.14. The number of methoxy groups -OCH3 is 3. The van der Waals surface area contributed by atoms with Crippen molar-refractivity contribution in [3.63, 3.8) is 0 Å². The minimum absolute atomic E-state index is 0.236. The lowest BCUT2D eigenvalue weighted by atomic mass is 9.98. The molecule has 29 heavy (non-hydrogen) atoms. The Labute approximate surface area is 171 Å². The van der Waals surface area contributed by atoms with Gasteiger partial charge in [0.05, 0.1) is 21.3 Å². The molecule has 0 N–H and O–H groups in total. The number of carbonyl (C=O) groups excluding carboxylic acids is 2. The van der Waals surface area contributed by atoms with E-state index in [-0.39, 0.29) is 12.4 Å². The van der Waals surface area contributed by atoms with Gasteiger partial charge in [-0.2, -0.15) is 0 Å². The fourth-order valence-corrected chi connectivity index (χ4v) is 2.89. The second-order valence-corrected chi connectivity index (χ2v) is 6.57. The monoisotopic (exact) mass is 398 g/mol. The zero-order valence-corrected chi connectivity index (χ0v) is 17.6. The number of benzene rings is 2. The van der Waals surface area contributed by atoms with E-state index in [1.807, 2.05) is 32.9 Å². The molecule has 2 aromatic carbocycles. The third-order valence-corrected chi connectivity index (χ3v) is 4.59. The fraction of sp³-hybridized carbons (Fsp3) is 0.304. The van der Waals surface area contributed by atoms with Gasteiger partial charge in [-0.1, -0.05) is 6.07 Å². The van der Waals surface area contributed by atoms with Crippen LogP contribution in [0.4, 0.5) is 0 Å². The lowest BCUT2D eigenvalue weighted by Gasteiger charge is -2.12. The van der Waals surface area contributed by atoms with Crippen molar-refractivity contribution in [3.8, 4) is 17.2 Å². The van der Waals surface area contributed by atoms with E-state index in [2.05, 4.69) is 0 Å². The smallest absolute Gasteiger partial charge is 0.331 e. The van der Waals surface area contributed by atoms with Crippen molar-refractivity contribution < 1.29 is 28.5 Å². The summed E-state index contributed by atoms with van der Waals surface area (Å²) in [6.07, 6.45) is 2.81. The van der Waals surface area contributed by atoms with Crippen LogP contribution in [0.3, 0.4) is 0 Å². The summed E-state index contributed by atoms with van der Waals surface area (Å²) in [5.41, 5.74) is 4.22. The predicted molar refractivity (Wildman–Crippen MR) is 111 cm³/mol. The highest BCUT2D eigenvalue weighted by Crippen LogP contribution is 2.38. The summed E-state index contributed by atoms with van der Waals surface area (Å²) < 4.78 is 20.9. The van der Waals surface area contributed by atoms with E-state index in [4.69, 9.17) is 18.9 Å². The highest BCUT2D eigenvalue weighted by molar-refractivity contribution is 6.00. The first-order valence-electron chi connectivity index (χ1n) is 9.06. The van der Waals surface area contributed by atoms with Gasteiger partial charge >= 0.3 is 5.97 Å². The Morgan fingerprint density at radius 3 is 1.97 bits per heavy atom. The molecule has 2 aromatic rings. The van der Waals surface area contributed by atoms with Crippen molar-refractivity contribution in [2.45, 2.75) is 20.8 Å². The van der Waals surface area contributed by atoms with Gasteiger partial charge in [0.15, 0.2) is 18.1 Å². The second kappa shape index (κ2) is 9.78. The van der Waals surface area contributed by atoms with Crippen LogP contribution < -0.4 is 14.2 Å². The van der Waals surface area contributed by atoms with Crippen LogP contribution in [0.5, 0.6) is 17.2 Å². The van der Waals surface area contributed by atoms with Crippen LogP contribution >= 0.6 is 0 Å². The molecule has 6 heteroatoms. The second-order valence-electron chi connectivity index (χ2n) is 6.57. The van der Waals surface area contributed by atoms with Crippen LogP contribution in [0.1, 0.15) is 32.6 Å². The summed E-state index contributed by atoms with van der Waals surface area (Å²) in [6, 6.07) is 7.19. The normalized spacial score (nSPS) is 10.7. The average molecular weight is 398 g/mol.